The van der Waals surface area contributed by atoms with Crippen molar-refractivity contribution in [2.45, 2.75) is 4.34 Å². The van der Waals surface area contributed by atoms with Crippen LogP contribution in [0.5, 0.6) is 0 Å². The van der Waals surface area contributed by atoms with Crippen LogP contribution < -0.4 is 5.32 Å². The van der Waals surface area contributed by atoms with Crippen LogP contribution in [0.25, 0.3) is 32.2 Å². The number of anilines is 1. The smallest absolute Gasteiger partial charge is 0.269 e. The Balaban J connectivity index is 1.09. The van der Waals surface area contributed by atoms with Gasteiger partial charge in [0.15, 0.2) is 4.34 Å². The standard InChI is InChI=1S/C28H18N4O4S2/c33-27(30-19-7-11-22-21-3-1-2-4-24(21)36-25(22)13-19)16-37-28-31-23-12-8-18(14-26(23)38-28)29-15-17-5-9-20(10-6-17)32(34)35/h1-15H,16H2,(H,30,33). The van der Waals surface area contributed by atoms with Crippen molar-refractivity contribution in [1.29, 1.82) is 0 Å². The minimum atomic E-state index is -0.431. The van der Waals surface area contributed by atoms with Gasteiger partial charge in [-0.05, 0) is 54.1 Å². The van der Waals surface area contributed by atoms with E-state index < -0.39 is 4.92 Å². The lowest BCUT2D eigenvalue weighted by atomic mass is 10.1. The summed E-state index contributed by atoms with van der Waals surface area (Å²) in [6, 6.07) is 25.4. The molecule has 0 bridgehead atoms. The van der Waals surface area contributed by atoms with Gasteiger partial charge in [0.05, 0.1) is 26.6 Å². The molecule has 0 saturated heterocycles. The highest BCUT2D eigenvalue weighted by Gasteiger charge is 2.11. The Morgan fingerprint density at radius 2 is 1.84 bits per heavy atom. The minimum Gasteiger partial charge on any atom is -0.456 e. The molecule has 6 rings (SSSR count). The molecule has 0 atom stereocenters. The number of non-ortho nitro benzene ring substituents is 1. The van der Waals surface area contributed by atoms with E-state index in [0.717, 1.165) is 47.7 Å². The van der Waals surface area contributed by atoms with Crippen LogP contribution >= 0.6 is 23.1 Å². The Bertz CT molecular complexity index is 1860. The molecular weight excluding hydrogens is 520 g/mol. The average Bonchev–Trinajstić information content (AvgIpc) is 3.51. The van der Waals surface area contributed by atoms with Crippen molar-refractivity contribution in [2.24, 2.45) is 4.99 Å². The number of nitrogens with zero attached hydrogens (tertiary/aromatic N) is 3. The number of hydrogen-bond donors (Lipinski definition) is 1. The van der Waals surface area contributed by atoms with Crippen molar-refractivity contribution in [1.82, 2.24) is 4.98 Å². The molecule has 38 heavy (non-hydrogen) atoms. The molecule has 0 aliphatic rings. The predicted octanol–water partition coefficient (Wildman–Crippen LogP) is 7.59. The van der Waals surface area contributed by atoms with E-state index in [1.165, 1.54) is 35.2 Å². The van der Waals surface area contributed by atoms with Crippen LogP contribution in [0.2, 0.25) is 0 Å². The highest BCUT2D eigenvalue weighted by Crippen LogP contribution is 2.33. The summed E-state index contributed by atoms with van der Waals surface area (Å²) >= 11 is 2.88. The molecule has 4 aromatic carbocycles. The second-order valence-electron chi connectivity index (χ2n) is 8.38. The molecule has 1 amide bonds. The summed E-state index contributed by atoms with van der Waals surface area (Å²) in [5, 5.41) is 15.8. The van der Waals surface area contributed by atoms with Gasteiger partial charge in [-0.25, -0.2) is 4.98 Å². The van der Waals surface area contributed by atoms with E-state index in [9.17, 15) is 14.9 Å². The number of rotatable bonds is 7. The lowest BCUT2D eigenvalue weighted by molar-refractivity contribution is -0.384. The maximum Gasteiger partial charge on any atom is 0.269 e. The van der Waals surface area contributed by atoms with Gasteiger partial charge in [0, 0.05) is 40.9 Å². The zero-order valence-electron chi connectivity index (χ0n) is 19.7. The van der Waals surface area contributed by atoms with E-state index in [1.54, 1.807) is 18.3 Å². The number of thiazole rings is 1. The first-order valence-corrected chi connectivity index (χ1v) is 13.4. The van der Waals surface area contributed by atoms with Gasteiger partial charge in [0.2, 0.25) is 5.91 Å². The van der Waals surface area contributed by atoms with E-state index in [4.69, 9.17) is 4.42 Å². The van der Waals surface area contributed by atoms with E-state index in [1.807, 2.05) is 60.7 Å². The Hall–Kier alpha value is -4.54. The molecule has 6 aromatic rings. The maximum absolute atomic E-state index is 12.6. The zero-order chi connectivity index (χ0) is 26.1. The summed E-state index contributed by atoms with van der Waals surface area (Å²) in [5.41, 5.74) is 4.62. The van der Waals surface area contributed by atoms with Gasteiger partial charge >= 0.3 is 0 Å². The Kier molecular flexibility index (Phi) is 6.32. The van der Waals surface area contributed by atoms with Gasteiger partial charge in [0.1, 0.15) is 11.2 Å². The molecular formula is C28H18N4O4S2. The van der Waals surface area contributed by atoms with Gasteiger partial charge in [0.25, 0.3) is 5.69 Å². The number of benzene rings is 4. The van der Waals surface area contributed by atoms with Gasteiger partial charge in [-0.2, -0.15) is 0 Å². The topological polar surface area (TPSA) is 111 Å². The summed E-state index contributed by atoms with van der Waals surface area (Å²) in [6.07, 6.45) is 1.66. The van der Waals surface area contributed by atoms with Gasteiger partial charge in [-0.1, -0.05) is 30.0 Å². The van der Waals surface area contributed by atoms with Crippen molar-refractivity contribution < 1.29 is 14.1 Å². The van der Waals surface area contributed by atoms with Crippen LogP contribution in [-0.4, -0.2) is 27.8 Å². The highest BCUT2D eigenvalue weighted by molar-refractivity contribution is 8.01. The Morgan fingerprint density at radius 1 is 1.03 bits per heavy atom. The van der Waals surface area contributed by atoms with Gasteiger partial charge in [-0.15, -0.1) is 11.3 Å². The van der Waals surface area contributed by atoms with Crippen LogP contribution in [0.3, 0.4) is 0 Å². The number of nitrogens with one attached hydrogen (secondary N) is 1. The average molecular weight is 539 g/mol. The predicted molar refractivity (Wildman–Crippen MR) is 153 cm³/mol. The van der Waals surface area contributed by atoms with E-state index in [2.05, 4.69) is 15.3 Å². The van der Waals surface area contributed by atoms with Crippen LogP contribution in [0.15, 0.2) is 98.7 Å². The van der Waals surface area contributed by atoms with Crippen LogP contribution in [0.4, 0.5) is 17.1 Å². The summed E-state index contributed by atoms with van der Waals surface area (Å²) in [7, 11) is 0. The highest BCUT2D eigenvalue weighted by atomic mass is 32.2. The van der Waals surface area contributed by atoms with Crippen LogP contribution in [0.1, 0.15) is 5.56 Å². The number of para-hydroxylation sites is 1. The number of furan rings is 1. The van der Waals surface area contributed by atoms with Crippen molar-refractivity contribution >= 4 is 84.4 Å². The second kappa shape index (κ2) is 10.1. The Labute approximate surface area is 224 Å². The monoisotopic (exact) mass is 538 g/mol. The zero-order valence-corrected chi connectivity index (χ0v) is 21.3. The molecule has 0 radical (unpaired) electrons. The fourth-order valence-electron chi connectivity index (χ4n) is 3.99. The number of hydrogen-bond acceptors (Lipinski definition) is 8. The van der Waals surface area contributed by atoms with E-state index >= 15 is 0 Å². The fraction of sp³-hybridized carbons (Fsp3) is 0.0357. The third-order valence-electron chi connectivity index (χ3n) is 5.81. The molecule has 2 heterocycles. The molecule has 1 N–H and O–H groups in total. The summed E-state index contributed by atoms with van der Waals surface area (Å²) in [6.45, 7) is 0. The number of aromatic nitrogens is 1. The number of carbonyl (C=O) groups excluding carboxylic acids is 1. The molecule has 0 aliphatic heterocycles. The summed E-state index contributed by atoms with van der Waals surface area (Å²) in [5.74, 6) is 0.0986. The lowest BCUT2D eigenvalue weighted by Crippen LogP contribution is -2.13. The quantitative estimate of drug-likeness (QED) is 0.0970. The number of aliphatic imine (C=N–C) groups is 1. The molecule has 0 saturated carbocycles. The van der Waals surface area contributed by atoms with Crippen LogP contribution in [0, 0.1) is 10.1 Å². The second-order valence-corrected chi connectivity index (χ2v) is 10.6. The molecule has 10 heteroatoms. The third-order valence-corrected chi connectivity index (χ3v) is 7.97. The SMILES string of the molecule is O=C(CSc1nc2ccc(N=Cc3ccc([N+](=O)[O-])cc3)cc2s1)Nc1ccc2c(c1)oc1ccccc12. The first kappa shape index (κ1) is 23.8. The lowest BCUT2D eigenvalue weighted by Gasteiger charge is -2.04. The number of nitro groups is 1. The fourth-order valence-corrected chi connectivity index (χ4v) is 5.89. The van der Waals surface area contributed by atoms with E-state index in [-0.39, 0.29) is 17.3 Å². The first-order chi connectivity index (χ1) is 18.5. The molecule has 2 aromatic heterocycles. The normalized spacial score (nSPS) is 11.6. The number of nitro benzene ring substituents is 1. The Morgan fingerprint density at radius 3 is 2.68 bits per heavy atom. The summed E-state index contributed by atoms with van der Waals surface area (Å²) < 4.78 is 7.65. The number of fused-ring (bicyclic) bond motifs is 4. The van der Waals surface area contributed by atoms with Crippen molar-refractivity contribution in [3.8, 4) is 0 Å². The summed E-state index contributed by atoms with van der Waals surface area (Å²) in [4.78, 5) is 32.0. The number of carbonyl (C=O) groups is 1. The van der Waals surface area contributed by atoms with Gasteiger partial charge in [-0.3, -0.25) is 19.9 Å². The van der Waals surface area contributed by atoms with Crippen molar-refractivity contribution in [2.75, 3.05) is 11.1 Å². The largest absolute Gasteiger partial charge is 0.456 e. The van der Waals surface area contributed by atoms with Crippen LogP contribution in [-0.2, 0) is 4.79 Å². The molecule has 0 unspecified atom stereocenters. The molecule has 8 nitrogen and oxygen atoms in total. The molecule has 0 spiro atoms. The molecule has 0 fully saturated rings. The minimum absolute atomic E-state index is 0.0409. The first-order valence-electron chi connectivity index (χ1n) is 11.5. The third kappa shape index (κ3) is 4.99. The van der Waals surface area contributed by atoms with Gasteiger partial charge < -0.3 is 9.73 Å². The molecule has 186 valence electrons. The molecule has 0 aliphatic carbocycles. The van der Waals surface area contributed by atoms with E-state index in [0.29, 0.717) is 5.69 Å². The number of amides is 1. The van der Waals surface area contributed by atoms with Crippen molar-refractivity contribution in [3.63, 3.8) is 0 Å². The van der Waals surface area contributed by atoms with Crippen molar-refractivity contribution in [3.05, 3.63) is 101 Å². The number of thioether (sulfide) groups is 1. The maximum atomic E-state index is 12.6.